The quantitative estimate of drug-likeness (QED) is 0.614. The molecule has 0 saturated heterocycles. The lowest BCUT2D eigenvalue weighted by atomic mass is 10.00. The van der Waals surface area contributed by atoms with Gasteiger partial charge in [0.2, 0.25) is 5.91 Å². The zero-order chi connectivity index (χ0) is 17.3. The molecule has 1 N–H and O–H groups in total. The Bertz CT molecular complexity index is 900. The monoisotopic (exact) mass is 361 g/mol. The van der Waals surface area contributed by atoms with Crippen molar-refractivity contribution >= 4 is 45.8 Å². The molecule has 0 atom stereocenters. The van der Waals surface area contributed by atoms with E-state index < -0.39 is 0 Å². The molecule has 2 aromatic carbocycles. The standard InChI is InChI=1S/C19H17Cl2NO2/c1-11(2)12-3-6-18-15(7-12)13(10-24-18)8-19(23)22-14-4-5-16(20)17(21)9-14/h3-7,9-11H,8H2,1-2H3,(H,22,23). The average molecular weight is 362 g/mol. The second kappa shape index (κ2) is 6.88. The molecule has 5 heteroatoms. The normalized spacial score (nSPS) is 11.2. The molecule has 0 radical (unpaired) electrons. The summed E-state index contributed by atoms with van der Waals surface area (Å²) in [5.41, 5.74) is 3.49. The topological polar surface area (TPSA) is 42.2 Å². The number of halogens is 2. The molecule has 0 saturated carbocycles. The van der Waals surface area contributed by atoms with E-state index >= 15 is 0 Å². The minimum Gasteiger partial charge on any atom is -0.464 e. The van der Waals surface area contributed by atoms with Crippen LogP contribution < -0.4 is 5.32 Å². The van der Waals surface area contributed by atoms with E-state index in [1.165, 1.54) is 5.56 Å². The van der Waals surface area contributed by atoms with E-state index in [0.29, 0.717) is 21.7 Å². The lowest BCUT2D eigenvalue weighted by Crippen LogP contribution is -2.14. The Morgan fingerprint density at radius 1 is 1.12 bits per heavy atom. The highest BCUT2D eigenvalue weighted by Crippen LogP contribution is 2.27. The number of hydrogen-bond donors (Lipinski definition) is 1. The Hall–Kier alpha value is -1.97. The van der Waals surface area contributed by atoms with Crippen molar-refractivity contribution in [1.29, 1.82) is 0 Å². The van der Waals surface area contributed by atoms with Crippen LogP contribution in [0.5, 0.6) is 0 Å². The zero-order valence-electron chi connectivity index (χ0n) is 13.4. The molecule has 124 valence electrons. The summed E-state index contributed by atoms with van der Waals surface area (Å²) in [4.78, 5) is 12.3. The molecule has 0 aliphatic carbocycles. The number of rotatable bonds is 4. The van der Waals surface area contributed by atoms with Crippen LogP contribution in [0, 0.1) is 0 Å². The van der Waals surface area contributed by atoms with E-state index in [4.69, 9.17) is 27.6 Å². The van der Waals surface area contributed by atoms with Crippen LogP contribution in [-0.4, -0.2) is 5.91 Å². The fourth-order valence-electron chi connectivity index (χ4n) is 2.55. The first-order valence-electron chi connectivity index (χ1n) is 7.69. The number of fused-ring (bicyclic) bond motifs is 1. The van der Waals surface area contributed by atoms with Gasteiger partial charge >= 0.3 is 0 Å². The molecule has 0 unspecified atom stereocenters. The molecule has 0 aliphatic heterocycles. The number of carbonyl (C=O) groups excluding carboxylic acids is 1. The van der Waals surface area contributed by atoms with Crippen LogP contribution >= 0.6 is 23.2 Å². The molecule has 3 rings (SSSR count). The van der Waals surface area contributed by atoms with Crippen LogP contribution in [0.2, 0.25) is 10.0 Å². The van der Waals surface area contributed by atoms with Crippen LogP contribution in [0.3, 0.4) is 0 Å². The molecule has 24 heavy (non-hydrogen) atoms. The minimum atomic E-state index is -0.133. The van der Waals surface area contributed by atoms with Gasteiger partial charge < -0.3 is 9.73 Å². The fraction of sp³-hybridized carbons (Fsp3) is 0.211. The predicted molar refractivity (Wildman–Crippen MR) is 99.1 cm³/mol. The van der Waals surface area contributed by atoms with Crippen LogP contribution in [0.1, 0.15) is 30.9 Å². The first kappa shape index (κ1) is 16.9. The maximum absolute atomic E-state index is 12.3. The minimum absolute atomic E-state index is 0.133. The van der Waals surface area contributed by atoms with Crippen LogP contribution in [0.4, 0.5) is 5.69 Å². The summed E-state index contributed by atoms with van der Waals surface area (Å²) < 4.78 is 5.55. The number of amides is 1. The van der Waals surface area contributed by atoms with E-state index in [9.17, 15) is 4.79 Å². The first-order valence-corrected chi connectivity index (χ1v) is 8.44. The number of furan rings is 1. The third-order valence-electron chi connectivity index (χ3n) is 3.90. The van der Waals surface area contributed by atoms with Gasteiger partial charge in [0.1, 0.15) is 5.58 Å². The Kier molecular flexibility index (Phi) is 4.83. The lowest BCUT2D eigenvalue weighted by molar-refractivity contribution is -0.115. The Balaban J connectivity index is 1.79. The molecule has 0 bridgehead atoms. The number of nitrogens with one attached hydrogen (secondary N) is 1. The van der Waals surface area contributed by atoms with Crippen LogP contribution in [-0.2, 0) is 11.2 Å². The largest absolute Gasteiger partial charge is 0.464 e. The molecular weight excluding hydrogens is 345 g/mol. The van der Waals surface area contributed by atoms with Gasteiger partial charge in [0.15, 0.2) is 0 Å². The van der Waals surface area contributed by atoms with Gasteiger partial charge in [-0.2, -0.15) is 0 Å². The Morgan fingerprint density at radius 3 is 2.62 bits per heavy atom. The lowest BCUT2D eigenvalue weighted by Gasteiger charge is -2.07. The Labute approximate surface area is 150 Å². The van der Waals surface area contributed by atoms with E-state index in [0.717, 1.165) is 16.5 Å². The van der Waals surface area contributed by atoms with E-state index in [-0.39, 0.29) is 12.3 Å². The van der Waals surface area contributed by atoms with Crippen molar-refractivity contribution in [1.82, 2.24) is 0 Å². The molecule has 0 fully saturated rings. The molecule has 1 aromatic heterocycles. The molecule has 0 spiro atoms. The highest BCUT2D eigenvalue weighted by atomic mass is 35.5. The van der Waals surface area contributed by atoms with Gasteiger partial charge in [-0.3, -0.25) is 4.79 Å². The van der Waals surface area contributed by atoms with Crippen molar-refractivity contribution in [3.05, 3.63) is 63.8 Å². The second-order valence-electron chi connectivity index (χ2n) is 6.03. The molecule has 3 aromatic rings. The summed E-state index contributed by atoms with van der Waals surface area (Å²) in [6, 6.07) is 11.1. The van der Waals surface area contributed by atoms with Gasteiger partial charge in [0, 0.05) is 16.6 Å². The van der Waals surface area contributed by atoms with Gasteiger partial charge in [-0.15, -0.1) is 0 Å². The number of hydrogen-bond acceptors (Lipinski definition) is 2. The molecular formula is C19H17Cl2NO2. The predicted octanol–water partition coefficient (Wildman–Crippen LogP) is 6.04. The molecule has 0 aliphatic rings. The maximum atomic E-state index is 12.3. The first-order chi connectivity index (χ1) is 11.4. The van der Waals surface area contributed by atoms with E-state index in [1.54, 1.807) is 24.5 Å². The molecule has 1 heterocycles. The van der Waals surface area contributed by atoms with Crippen molar-refractivity contribution in [2.45, 2.75) is 26.2 Å². The summed E-state index contributed by atoms with van der Waals surface area (Å²) >= 11 is 11.8. The number of carbonyl (C=O) groups is 1. The summed E-state index contributed by atoms with van der Waals surface area (Å²) in [7, 11) is 0. The fourth-order valence-corrected chi connectivity index (χ4v) is 2.85. The average Bonchev–Trinajstić information content (AvgIpc) is 2.93. The van der Waals surface area contributed by atoms with Gasteiger partial charge in [0.05, 0.1) is 22.7 Å². The maximum Gasteiger partial charge on any atom is 0.228 e. The number of benzene rings is 2. The van der Waals surface area contributed by atoms with Gasteiger partial charge in [-0.1, -0.05) is 43.1 Å². The van der Waals surface area contributed by atoms with Crippen LogP contribution in [0.15, 0.2) is 47.1 Å². The smallest absolute Gasteiger partial charge is 0.228 e. The zero-order valence-corrected chi connectivity index (χ0v) is 14.9. The third kappa shape index (κ3) is 3.58. The Morgan fingerprint density at radius 2 is 1.92 bits per heavy atom. The molecule has 3 nitrogen and oxygen atoms in total. The van der Waals surface area contributed by atoms with Gasteiger partial charge in [-0.05, 0) is 41.8 Å². The summed E-state index contributed by atoms with van der Waals surface area (Å²) in [5.74, 6) is 0.285. The third-order valence-corrected chi connectivity index (χ3v) is 4.64. The van der Waals surface area contributed by atoms with Crippen molar-refractivity contribution in [3.63, 3.8) is 0 Å². The summed E-state index contributed by atoms with van der Waals surface area (Å²) in [6.45, 7) is 4.27. The van der Waals surface area contributed by atoms with Crippen molar-refractivity contribution < 1.29 is 9.21 Å². The van der Waals surface area contributed by atoms with Crippen molar-refractivity contribution in [3.8, 4) is 0 Å². The van der Waals surface area contributed by atoms with E-state index in [1.807, 2.05) is 6.07 Å². The molecule has 1 amide bonds. The van der Waals surface area contributed by atoms with Crippen LogP contribution in [0.25, 0.3) is 11.0 Å². The van der Waals surface area contributed by atoms with Gasteiger partial charge in [0.25, 0.3) is 0 Å². The highest BCUT2D eigenvalue weighted by molar-refractivity contribution is 6.42. The van der Waals surface area contributed by atoms with Crippen molar-refractivity contribution in [2.75, 3.05) is 5.32 Å². The van der Waals surface area contributed by atoms with Crippen molar-refractivity contribution in [2.24, 2.45) is 0 Å². The van der Waals surface area contributed by atoms with E-state index in [2.05, 4.69) is 31.3 Å². The summed E-state index contributed by atoms with van der Waals surface area (Å²) in [6.07, 6.45) is 1.87. The second-order valence-corrected chi connectivity index (χ2v) is 6.84. The SMILES string of the molecule is CC(C)c1ccc2occ(CC(=O)Nc3ccc(Cl)c(Cl)c3)c2c1. The highest BCUT2D eigenvalue weighted by Gasteiger charge is 2.12. The summed E-state index contributed by atoms with van der Waals surface area (Å²) in [5, 5.41) is 4.67. The number of anilines is 1. The van der Waals surface area contributed by atoms with Gasteiger partial charge in [-0.25, -0.2) is 0 Å².